The summed E-state index contributed by atoms with van der Waals surface area (Å²) in [4.78, 5) is 40.1. The van der Waals surface area contributed by atoms with E-state index in [2.05, 4.69) is 49.8 Å². The monoisotopic (exact) mass is 655 g/mol. The molecule has 0 atom stereocenters. The van der Waals surface area contributed by atoms with Gasteiger partial charge in [-0.25, -0.2) is 0 Å². The molecule has 10 heteroatoms. The fourth-order valence-corrected chi connectivity index (χ4v) is 7.50. The van der Waals surface area contributed by atoms with E-state index in [1.807, 2.05) is 43.0 Å². The number of rotatable bonds is 14. The van der Waals surface area contributed by atoms with Crippen molar-refractivity contribution < 1.29 is 19.1 Å². The third-order valence-corrected chi connectivity index (χ3v) is 10.2. The fraction of sp³-hybridized carbons (Fsp3) is 0.459. The molecule has 2 aromatic heterocycles. The van der Waals surface area contributed by atoms with Crippen LogP contribution in [0.25, 0.3) is 21.2 Å². The van der Waals surface area contributed by atoms with E-state index in [-0.39, 0.29) is 23.8 Å². The van der Waals surface area contributed by atoms with Crippen LogP contribution in [0.15, 0.2) is 60.2 Å². The number of carbonyl (C=O) groups excluding carboxylic acids is 2. The second kappa shape index (κ2) is 15.7. The van der Waals surface area contributed by atoms with Gasteiger partial charge in [-0.15, -0.1) is 11.3 Å². The predicted molar refractivity (Wildman–Crippen MR) is 187 cm³/mol. The Morgan fingerprint density at radius 3 is 2.32 bits per heavy atom. The number of aromatic nitrogens is 2. The number of nitrogens with zero attached hydrogens (tertiary/aromatic N) is 4. The molecule has 1 aliphatic heterocycles. The summed E-state index contributed by atoms with van der Waals surface area (Å²) in [5.41, 5.74) is 3.37. The molecule has 3 heterocycles. The number of carbonyl (C=O) groups is 2. The maximum atomic E-state index is 13.6. The van der Waals surface area contributed by atoms with Crippen LogP contribution in [0.3, 0.4) is 0 Å². The summed E-state index contributed by atoms with van der Waals surface area (Å²) < 4.78 is 12.9. The number of piperidine rings is 1. The summed E-state index contributed by atoms with van der Waals surface area (Å²) in [6, 6.07) is 16.4. The number of thiophene rings is 1. The molecule has 2 aliphatic rings. The summed E-state index contributed by atoms with van der Waals surface area (Å²) in [6.45, 7) is 8.07. The van der Waals surface area contributed by atoms with Crippen LogP contribution in [0.2, 0.25) is 0 Å². The molecule has 9 nitrogen and oxygen atoms in total. The number of nitrogens with one attached hydrogen (secondary N) is 1. The quantitative estimate of drug-likeness (QED) is 0.147. The Morgan fingerprint density at radius 2 is 1.62 bits per heavy atom. The van der Waals surface area contributed by atoms with Crippen molar-refractivity contribution in [3.8, 4) is 22.9 Å². The van der Waals surface area contributed by atoms with Crippen LogP contribution in [0.1, 0.15) is 69.2 Å². The Kier molecular flexibility index (Phi) is 11.0. The van der Waals surface area contributed by atoms with Crippen molar-refractivity contribution in [3.05, 3.63) is 65.8 Å². The molecule has 1 saturated heterocycles. The van der Waals surface area contributed by atoms with Gasteiger partial charge in [-0.3, -0.25) is 9.59 Å². The van der Waals surface area contributed by atoms with E-state index in [9.17, 15) is 9.59 Å². The van der Waals surface area contributed by atoms with Gasteiger partial charge in [0.15, 0.2) is 5.69 Å². The third kappa shape index (κ3) is 7.60. The van der Waals surface area contributed by atoms with E-state index in [1.54, 1.807) is 11.3 Å². The van der Waals surface area contributed by atoms with Crippen molar-refractivity contribution in [2.24, 2.45) is 5.92 Å². The van der Waals surface area contributed by atoms with Crippen LogP contribution in [0.5, 0.6) is 11.8 Å². The number of fused-ring (bicyclic) bond motifs is 1. The molecular formula is C37H45N5O4S. The standard InChI is InChI=1S/C37H45N5O4S/c1-3-45-35-33(36(46-4-2)39-25-38-35)42(37(44)26-12-11-13-26)21-10-9-20-41-22-18-27(19-23-41)40-34(43)30-16-6-5-14-28(30)31-24-47-32-17-8-7-15-29(31)32/h5-8,14-17,24-27H,3-4,9-13,18-23H2,1-2H3,(H,40,43). The molecule has 2 aromatic carbocycles. The van der Waals surface area contributed by atoms with Gasteiger partial charge in [0.1, 0.15) is 6.33 Å². The van der Waals surface area contributed by atoms with Crippen molar-refractivity contribution in [1.29, 1.82) is 0 Å². The average molecular weight is 656 g/mol. The number of anilines is 1. The summed E-state index contributed by atoms with van der Waals surface area (Å²) in [5.74, 6) is 0.930. The Labute approximate surface area is 281 Å². The number of benzene rings is 2. The van der Waals surface area contributed by atoms with Crippen LogP contribution in [-0.4, -0.2) is 72.1 Å². The molecule has 0 bridgehead atoms. The summed E-state index contributed by atoms with van der Waals surface area (Å²) in [6.07, 6.45) is 7.97. The van der Waals surface area contributed by atoms with Crippen molar-refractivity contribution in [3.63, 3.8) is 0 Å². The van der Waals surface area contributed by atoms with Crippen molar-refractivity contribution in [2.75, 3.05) is 44.3 Å². The summed E-state index contributed by atoms with van der Waals surface area (Å²) in [7, 11) is 0. The van der Waals surface area contributed by atoms with Gasteiger partial charge in [-0.05, 0) is 82.0 Å². The molecule has 0 radical (unpaired) electrons. The van der Waals surface area contributed by atoms with Crippen LogP contribution in [0.4, 0.5) is 5.69 Å². The van der Waals surface area contributed by atoms with E-state index in [0.717, 1.165) is 81.3 Å². The molecule has 2 fully saturated rings. The van der Waals surface area contributed by atoms with Gasteiger partial charge in [-0.1, -0.05) is 42.8 Å². The van der Waals surface area contributed by atoms with Crippen LogP contribution in [-0.2, 0) is 4.79 Å². The zero-order valence-electron chi connectivity index (χ0n) is 27.5. The minimum absolute atomic E-state index is 0.00622. The molecule has 47 heavy (non-hydrogen) atoms. The first kappa shape index (κ1) is 32.9. The third-order valence-electron chi connectivity index (χ3n) is 9.28. The average Bonchev–Trinajstić information content (AvgIpc) is 3.50. The lowest BCUT2D eigenvalue weighted by atomic mass is 9.84. The summed E-state index contributed by atoms with van der Waals surface area (Å²) in [5, 5.41) is 6.67. The highest BCUT2D eigenvalue weighted by Crippen LogP contribution is 2.39. The van der Waals surface area contributed by atoms with E-state index >= 15 is 0 Å². The van der Waals surface area contributed by atoms with Gasteiger partial charge >= 0.3 is 0 Å². The molecule has 0 unspecified atom stereocenters. The first-order chi connectivity index (χ1) is 23.1. The highest BCUT2D eigenvalue weighted by Gasteiger charge is 2.34. The first-order valence-electron chi connectivity index (χ1n) is 17.1. The van der Waals surface area contributed by atoms with Gasteiger partial charge in [0.2, 0.25) is 17.7 Å². The highest BCUT2D eigenvalue weighted by atomic mass is 32.1. The number of hydrogen-bond acceptors (Lipinski definition) is 8. The maximum absolute atomic E-state index is 13.6. The zero-order valence-corrected chi connectivity index (χ0v) is 28.3. The largest absolute Gasteiger partial charge is 0.476 e. The molecule has 2 amide bonds. The molecule has 248 valence electrons. The minimum Gasteiger partial charge on any atom is -0.476 e. The second-order valence-corrected chi connectivity index (χ2v) is 13.2. The number of likely N-dealkylation sites (tertiary alicyclic amines) is 1. The van der Waals surface area contributed by atoms with Crippen molar-refractivity contribution >= 4 is 38.9 Å². The minimum atomic E-state index is -0.00622. The number of amides is 2. The Bertz CT molecular complexity index is 1640. The highest BCUT2D eigenvalue weighted by molar-refractivity contribution is 7.17. The normalized spacial score (nSPS) is 15.7. The maximum Gasteiger partial charge on any atom is 0.252 e. The van der Waals surface area contributed by atoms with Crippen LogP contribution >= 0.6 is 11.3 Å². The van der Waals surface area contributed by atoms with E-state index in [0.29, 0.717) is 37.2 Å². The second-order valence-electron chi connectivity index (χ2n) is 12.3. The van der Waals surface area contributed by atoms with Gasteiger partial charge in [0.05, 0.1) is 13.2 Å². The van der Waals surface area contributed by atoms with Crippen LogP contribution in [0, 0.1) is 5.92 Å². The van der Waals surface area contributed by atoms with Gasteiger partial charge in [-0.2, -0.15) is 9.97 Å². The fourth-order valence-electron chi connectivity index (χ4n) is 6.54. The number of hydrogen-bond donors (Lipinski definition) is 1. The number of unbranched alkanes of at least 4 members (excludes halogenated alkanes) is 1. The SMILES string of the molecule is CCOc1ncnc(OCC)c1N(CCCCN1CCC(NC(=O)c2ccccc2-c2csc3ccccc23)CC1)C(=O)C1CCC1. The molecule has 1 saturated carbocycles. The molecule has 4 aromatic rings. The number of ether oxygens (including phenoxy) is 2. The zero-order chi connectivity index (χ0) is 32.6. The lowest BCUT2D eigenvalue weighted by molar-refractivity contribution is -0.124. The van der Waals surface area contributed by atoms with Crippen LogP contribution < -0.4 is 19.7 Å². The smallest absolute Gasteiger partial charge is 0.252 e. The molecule has 1 N–H and O–H groups in total. The Hall–Kier alpha value is -4.02. The van der Waals surface area contributed by atoms with E-state index in [1.165, 1.54) is 16.4 Å². The van der Waals surface area contributed by atoms with E-state index in [4.69, 9.17) is 9.47 Å². The van der Waals surface area contributed by atoms with Crippen molar-refractivity contribution in [1.82, 2.24) is 20.2 Å². The summed E-state index contributed by atoms with van der Waals surface area (Å²) >= 11 is 1.71. The lowest BCUT2D eigenvalue weighted by Crippen LogP contribution is -2.45. The predicted octanol–water partition coefficient (Wildman–Crippen LogP) is 6.96. The van der Waals surface area contributed by atoms with Gasteiger partial charge in [0, 0.05) is 52.8 Å². The molecule has 1 aliphatic carbocycles. The molecular weight excluding hydrogens is 611 g/mol. The molecule has 6 rings (SSSR count). The van der Waals surface area contributed by atoms with Gasteiger partial charge in [0.25, 0.3) is 5.91 Å². The van der Waals surface area contributed by atoms with E-state index < -0.39 is 0 Å². The Morgan fingerprint density at radius 1 is 0.915 bits per heavy atom. The van der Waals surface area contributed by atoms with Crippen molar-refractivity contribution in [2.45, 2.75) is 64.8 Å². The first-order valence-corrected chi connectivity index (χ1v) is 18.0. The lowest BCUT2D eigenvalue weighted by Gasteiger charge is -2.34. The Balaban J connectivity index is 1.02. The van der Waals surface area contributed by atoms with Gasteiger partial charge < -0.3 is 24.6 Å². The topological polar surface area (TPSA) is 96.9 Å². The molecule has 0 spiro atoms.